The summed E-state index contributed by atoms with van der Waals surface area (Å²) in [6.45, 7) is 6.45. The Labute approximate surface area is 120 Å². The van der Waals surface area contributed by atoms with E-state index < -0.39 is 10.0 Å². The van der Waals surface area contributed by atoms with Gasteiger partial charge in [0.2, 0.25) is 0 Å². The number of nitrogens with one attached hydrogen (secondary N) is 1. The number of hydrogen-bond acceptors (Lipinski definition) is 5. The van der Waals surface area contributed by atoms with E-state index in [2.05, 4.69) is 14.6 Å². The summed E-state index contributed by atoms with van der Waals surface area (Å²) >= 11 is 0. The summed E-state index contributed by atoms with van der Waals surface area (Å²) in [5.74, 6) is 0.679. The summed E-state index contributed by atoms with van der Waals surface area (Å²) in [5.41, 5.74) is 0. The molecule has 0 unspecified atom stereocenters. The Morgan fingerprint density at radius 3 is 2.70 bits per heavy atom. The summed E-state index contributed by atoms with van der Waals surface area (Å²) in [7, 11) is -1.71. The van der Waals surface area contributed by atoms with Crippen LogP contribution in [0.4, 0.5) is 0 Å². The van der Waals surface area contributed by atoms with Crippen molar-refractivity contribution >= 4 is 10.0 Å². The van der Waals surface area contributed by atoms with Gasteiger partial charge in [-0.3, -0.25) is 4.90 Å². The topological polar surface area (TPSA) is 76.5 Å². The predicted molar refractivity (Wildman–Crippen MR) is 75.0 cm³/mol. The minimum absolute atomic E-state index is 0.0869. The van der Waals surface area contributed by atoms with Crippen LogP contribution in [-0.4, -0.2) is 62.3 Å². The number of morpholine rings is 1. The number of hydrogen-bond donors (Lipinski definition) is 1. The normalized spacial score (nSPS) is 17.5. The van der Waals surface area contributed by atoms with Crippen molar-refractivity contribution in [2.75, 3.05) is 39.4 Å². The Morgan fingerprint density at radius 2 is 2.10 bits per heavy atom. The third-order valence-electron chi connectivity index (χ3n) is 3.41. The monoisotopic (exact) mass is 302 g/mol. The molecule has 1 aromatic rings. The zero-order valence-electron chi connectivity index (χ0n) is 12.0. The molecule has 1 saturated heterocycles. The highest BCUT2D eigenvalue weighted by molar-refractivity contribution is 7.89. The van der Waals surface area contributed by atoms with Gasteiger partial charge in [-0.05, 0) is 19.9 Å². The summed E-state index contributed by atoms with van der Waals surface area (Å²) in [4.78, 5) is 6.32. The van der Waals surface area contributed by atoms with E-state index in [1.165, 1.54) is 6.20 Å². The highest BCUT2D eigenvalue weighted by Gasteiger charge is 2.18. The van der Waals surface area contributed by atoms with Crippen LogP contribution < -0.4 is 4.72 Å². The van der Waals surface area contributed by atoms with Crippen LogP contribution in [0.5, 0.6) is 0 Å². The first-order chi connectivity index (χ1) is 9.49. The van der Waals surface area contributed by atoms with E-state index >= 15 is 0 Å². The molecule has 2 heterocycles. The molecule has 1 fully saturated rings. The highest BCUT2D eigenvalue weighted by Crippen LogP contribution is 2.07. The maximum absolute atomic E-state index is 12.0. The first-order valence-electron chi connectivity index (χ1n) is 6.79. The van der Waals surface area contributed by atoms with Gasteiger partial charge in [0.1, 0.15) is 5.82 Å². The first kappa shape index (κ1) is 15.4. The predicted octanol–water partition coefficient (Wildman–Crippen LogP) is -0.271. The van der Waals surface area contributed by atoms with Crippen molar-refractivity contribution in [2.24, 2.45) is 7.05 Å². The molecular weight excluding hydrogens is 280 g/mol. The fourth-order valence-electron chi connectivity index (χ4n) is 2.06. The minimum Gasteiger partial charge on any atom is -0.379 e. The summed E-state index contributed by atoms with van der Waals surface area (Å²) in [5, 5.41) is 0.0869. The zero-order chi connectivity index (χ0) is 14.6. The number of ether oxygens (including phenoxy) is 1. The number of rotatable bonds is 6. The molecular formula is C12H22N4O3S. The molecule has 1 N–H and O–H groups in total. The first-order valence-corrected chi connectivity index (χ1v) is 8.27. The second-order valence-electron chi connectivity index (χ2n) is 4.94. The Balaban J connectivity index is 1.77. The molecule has 2 rings (SSSR count). The van der Waals surface area contributed by atoms with Gasteiger partial charge in [0, 0.05) is 32.9 Å². The number of imidazole rings is 1. The van der Waals surface area contributed by atoms with E-state index in [-0.39, 0.29) is 5.03 Å². The van der Waals surface area contributed by atoms with Crippen LogP contribution in [0.25, 0.3) is 0 Å². The van der Waals surface area contributed by atoms with E-state index in [9.17, 15) is 8.42 Å². The molecule has 0 spiro atoms. The van der Waals surface area contributed by atoms with Crippen molar-refractivity contribution < 1.29 is 13.2 Å². The minimum atomic E-state index is -3.49. The average Bonchev–Trinajstić information content (AvgIpc) is 2.77. The van der Waals surface area contributed by atoms with Gasteiger partial charge < -0.3 is 9.30 Å². The Bertz CT molecular complexity index is 515. The molecule has 0 radical (unpaired) electrons. The van der Waals surface area contributed by atoms with Crippen molar-refractivity contribution in [3.63, 3.8) is 0 Å². The third-order valence-corrected chi connectivity index (χ3v) is 4.74. The van der Waals surface area contributed by atoms with Gasteiger partial charge in [-0.25, -0.2) is 18.1 Å². The fraction of sp³-hybridized carbons (Fsp3) is 0.750. The molecule has 0 aromatic carbocycles. The molecule has 0 bridgehead atoms. The second kappa shape index (κ2) is 6.66. The lowest BCUT2D eigenvalue weighted by atomic mass is 10.3. The van der Waals surface area contributed by atoms with E-state index in [0.717, 1.165) is 39.3 Å². The van der Waals surface area contributed by atoms with Crippen LogP contribution in [0.2, 0.25) is 0 Å². The van der Waals surface area contributed by atoms with E-state index in [4.69, 9.17) is 4.74 Å². The second-order valence-corrected chi connectivity index (χ2v) is 6.66. The average molecular weight is 302 g/mol. The van der Waals surface area contributed by atoms with Crippen molar-refractivity contribution in [2.45, 2.75) is 18.4 Å². The van der Waals surface area contributed by atoms with Crippen LogP contribution in [0.1, 0.15) is 12.2 Å². The van der Waals surface area contributed by atoms with Crippen LogP contribution in [0.15, 0.2) is 11.2 Å². The van der Waals surface area contributed by atoms with Gasteiger partial charge in [-0.2, -0.15) is 0 Å². The van der Waals surface area contributed by atoms with Crippen molar-refractivity contribution in [3.8, 4) is 0 Å². The van der Waals surface area contributed by atoms with Crippen LogP contribution >= 0.6 is 0 Å². The summed E-state index contributed by atoms with van der Waals surface area (Å²) in [6, 6.07) is 0. The lowest BCUT2D eigenvalue weighted by molar-refractivity contribution is 0.0376. The number of nitrogens with zero attached hydrogens (tertiary/aromatic N) is 3. The molecule has 0 amide bonds. The maximum atomic E-state index is 12.0. The fourth-order valence-corrected chi connectivity index (χ4v) is 3.17. The molecule has 0 saturated carbocycles. The van der Waals surface area contributed by atoms with Crippen molar-refractivity contribution in [1.82, 2.24) is 19.2 Å². The number of aromatic nitrogens is 2. The molecule has 1 aliphatic rings. The molecule has 0 aliphatic carbocycles. The molecule has 114 valence electrons. The molecule has 7 nitrogen and oxygen atoms in total. The van der Waals surface area contributed by atoms with Gasteiger partial charge in [-0.1, -0.05) is 0 Å². The van der Waals surface area contributed by atoms with Crippen LogP contribution in [0, 0.1) is 6.92 Å². The summed E-state index contributed by atoms with van der Waals surface area (Å²) < 4.78 is 33.6. The van der Waals surface area contributed by atoms with Gasteiger partial charge >= 0.3 is 0 Å². The zero-order valence-corrected chi connectivity index (χ0v) is 12.8. The Kier molecular flexibility index (Phi) is 5.14. The quantitative estimate of drug-likeness (QED) is 0.732. The lowest BCUT2D eigenvalue weighted by Gasteiger charge is -2.26. The number of aryl methyl sites for hydroxylation is 2. The molecule has 8 heteroatoms. The Morgan fingerprint density at radius 1 is 1.40 bits per heavy atom. The summed E-state index contributed by atoms with van der Waals surface area (Å²) in [6.07, 6.45) is 2.31. The molecule has 0 atom stereocenters. The van der Waals surface area contributed by atoms with Crippen molar-refractivity contribution in [3.05, 3.63) is 12.0 Å². The molecule has 20 heavy (non-hydrogen) atoms. The van der Waals surface area contributed by atoms with E-state index in [1.807, 2.05) is 0 Å². The van der Waals surface area contributed by atoms with Gasteiger partial charge in [0.05, 0.1) is 13.2 Å². The SMILES string of the molecule is Cc1nc(S(=O)(=O)NCCCN2CCOCC2)cn1C. The number of sulfonamides is 1. The van der Waals surface area contributed by atoms with Crippen LogP contribution in [0.3, 0.4) is 0 Å². The smallest absolute Gasteiger partial charge is 0.259 e. The largest absolute Gasteiger partial charge is 0.379 e. The molecule has 1 aromatic heterocycles. The maximum Gasteiger partial charge on any atom is 0.259 e. The highest BCUT2D eigenvalue weighted by atomic mass is 32.2. The van der Waals surface area contributed by atoms with E-state index in [1.54, 1.807) is 18.5 Å². The van der Waals surface area contributed by atoms with E-state index in [0.29, 0.717) is 12.4 Å². The van der Waals surface area contributed by atoms with Gasteiger partial charge in [-0.15, -0.1) is 0 Å². The van der Waals surface area contributed by atoms with Gasteiger partial charge in [0.15, 0.2) is 5.03 Å². The third kappa shape index (κ3) is 4.02. The van der Waals surface area contributed by atoms with Gasteiger partial charge in [0.25, 0.3) is 10.0 Å². The molecule has 1 aliphatic heterocycles. The standard InChI is InChI=1S/C12H22N4O3S/c1-11-14-12(10-15(11)2)20(17,18)13-4-3-5-16-6-8-19-9-7-16/h10,13H,3-9H2,1-2H3. The van der Waals surface area contributed by atoms with Crippen LogP contribution in [-0.2, 0) is 21.8 Å². The Hall–Kier alpha value is -0.960. The lowest BCUT2D eigenvalue weighted by Crippen LogP contribution is -2.38. The van der Waals surface area contributed by atoms with Crippen molar-refractivity contribution in [1.29, 1.82) is 0 Å².